The second-order valence-electron chi connectivity index (χ2n) is 9.83. The van der Waals surface area contributed by atoms with E-state index in [0.29, 0.717) is 44.9 Å². The van der Waals surface area contributed by atoms with E-state index >= 15 is 0 Å². The van der Waals surface area contributed by atoms with Crippen molar-refractivity contribution in [3.8, 4) is 5.75 Å². The summed E-state index contributed by atoms with van der Waals surface area (Å²) in [5, 5.41) is 20.3. The van der Waals surface area contributed by atoms with Crippen LogP contribution in [-0.4, -0.2) is 43.0 Å². The third kappa shape index (κ3) is 5.17. The van der Waals surface area contributed by atoms with Gasteiger partial charge in [-0.2, -0.15) is 0 Å². The van der Waals surface area contributed by atoms with E-state index in [1.165, 1.54) is 22.7 Å². The summed E-state index contributed by atoms with van der Waals surface area (Å²) >= 11 is 2.39. The maximum Gasteiger partial charge on any atom is 0.301 e. The Bertz CT molecular complexity index is 1900. The topological polar surface area (TPSA) is 110 Å². The number of fused-ring (bicyclic) bond motifs is 1. The summed E-state index contributed by atoms with van der Waals surface area (Å²) in [5.74, 6) is -1.47. The van der Waals surface area contributed by atoms with Crippen LogP contribution < -0.4 is 9.64 Å². The molecule has 9 nitrogen and oxygen atoms in total. The van der Waals surface area contributed by atoms with E-state index in [2.05, 4.69) is 15.2 Å². The average molecular weight is 616 g/mol. The molecule has 4 heterocycles. The van der Waals surface area contributed by atoms with Crippen LogP contribution >= 0.6 is 23.1 Å². The molecule has 5 aromatic rings. The lowest BCUT2D eigenvalue weighted by Crippen LogP contribution is -2.29. The quantitative estimate of drug-likeness (QED) is 0.0717. The summed E-state index contributed by atoms with van der Waals surface area (Å²) in [5.41, 5.74) is 3.33. The molecule has 1 aliphatic rings. The number of hydrogen-bond acceptors (Lipinski definition) is 9. The maximum absolute atomic E-state index is 14.1. The zero-order valence-corrected chi connectivity index (χ0v) is 25.1. The lowest BCUT2D eigenvalue weighted by Gasteiger charge is -2.22. The number of ether oxygens (including phenoxy) is 1. The molecule has 1 fully saturated rings. The van der Waals surface area contributed by atoms with E-state index in [0.717, 1.165) is 16.9 Å². The number of aryl methyl sites for hydroxylation is 2. The van der Waals surface area contributed by atoms with Crippen LogP contribution in [0, 0.1) is 19.7 Å². The van der Waals surface area contributed by atoms with Crippen LogP contribution in [0.25, 0.3) is 11.4 Å². The number of halogens is 1. The van der Waals surface area contributed by atoms with E-state index in [4.69, 9.17) is 4.74 Å². The van der Waals surface area contributed by atoms with Gasteiger partial charge >= 0.3 is 5.91 Å². The zero-order valence-electron chi connectivity index (χ0n) is 23.4. The highest BCUT2D eigenvalue weighted by Gasteiger charge is 2.49. The number of nitrogens with zero attached hydrogens (tertiary/aromatic N) is 5. The van der Waals surface area contributed by atoms with Gasteiger partial charge in [-0.25, -0.2) is 9.37 Å². The molecule has 2 aromatic carbocycles. The maximum atomic E-state index is 14.1. The van der Waals surface area contributed by atoms with Gasteiger partial charge in [-0.05, 0) is 61.7 Å². The van der Waals surface area contributed by atoms with Crippen molar-refractivity contribution in [1.82, 2.24) is 19.6 Å². The molecule has 1 saturated heterocycles. The Hall–Kier alpha value is -4.55. The van der Waals surface area contributed by atoms with Crippen molar-refractivity contribution in [2.24, 2.45) is 0 Å². The number of Topliss-reactive ketones (excluding diaryl/α,β-unsaturated/α-hetero) is 1. The largest absolute Gasteiger partial charge is 0.505 e. The molecule has 1 atom stereocenters. The first-order valence-corrected chi connectivity index (χ1v) is 15.3. The molecular weight excluding hydrogens is 590 g/mol. The summed E-state index contributed by atoms with van der Waals surface area (Å²) in [6, 6.07) is 16.2. The third-order valence-electron chi connectivity index (χ3n) is 7.17. The predicted octanol–water partition coefficient (Wildman–Crippen LogP) is 6.26. The van der Waals surface area contributed by atoms with Gasteiger partial charge in [0.2, 0.25) is 5.13 Å². The first kappa shape index (κ1) is 28.6. The van der Waals surface area contributed by atoms with Gasteiger partial charge in [-0.3, -0.25) is 14.5 Å². The summed E-state index contributed by atoms with van der Waals surface area (Å²) in [7, 11) is 0. The van der Waals surface area contributed by atoms with Gasteiger partial charge in [0.05, 0.1) is 23.9 Å². The van der Waals surface area contributed by atoms with Gasteiger partial charge in [0.15, 0.2) is 10.1 Å². The van der Waals surface area contributed by atoms with Crippen molar-refractivity contribution >= 4 is 51.3 Å². The van der Waals surface area contributed by atoms with Crippen LogP contribution in [0.3, 0.4) is 0 Å². The van der Waals surface area contributed by atoms with E-state index < -0.39 is 17.7 Å². The molecular formula is C31H26FN5O4S2. The fraction of sp³-hybridized carbons (Fsp3) is 0.194. The van der Waals surface area contributed by atoms with Crippen LogP contribution in [0.5, 0.6) is 5.75 Å². The molecule has 0 saturated carbocycles. The van der Waals surface area contributed by atoms with Gasteiger partial charge in [0.1, 0.15) is 22.9 Å². The molecule has 3 aromatic heterocycles. The van der Waals surface area contributed by atoms with E-state index in [1.807, 2.05) is 36.6 Å². The molecule has 0 bridgehead atoms. The standard InChI is InChI=1S/C31H26FN5O4S2/c1-4-41-21-13-11-19(12-14-21)25-23(26(38)24-18(3)36-15-7-8-17(2)28(36)33-24)27(39)29(40)37(25)30-34-35-31(43-30)42-16-20-9-5-6-10-22(20)32/h5-15,25,38H,4,16H2,1-3H3/b26-23+. The molecule has 12 heteroatoms. The number of imidazole rings is 1. The minimum atomic E-state index is -1.00. The minimum absolute atomic E-state index is 0.103. The molecule has 1 N–H and O–H groups in total. The summed E-state index contributed by atoms with van der Waals surface area (Å²) in [6.07, 6.45) is 1.83. The van der Waals surface area contributed by atoms with Crippen LogP contribution in [0.15, 0.2) is 76.8 Å². The molecule has 1 aliphatic heterocycles. The number of carbonyl (C=O) groups is 2. The summed E-state index contributed by atoms with van der Waals surface area (Å²) in [4.78, 5) is 33.2. The van der Waals surface area contributed by atoms with E-state index in [-0.39, 0.29) is 28.0 Å². The van der Waals surface area contributed by atoms with Crippen molar-refractivity contribution in [2.75, 3.05) is 11.5 Å². The number of carbonyl (C=O) groups excluding carboxylic acids is 2. The second kappa shape index (κ2) is 11.6. The first-order valence-electron chi connectivity index (χ1n) is 13.5. The number of thioether (sulfide) groups is 1. The number of ketones is 1. The van der Waals surface area contributed by atoms with Crippen molar-refractivity contribution in [1.29, 1.82) is 0 Å². The number of amides is 1. The lowest BCUT2D eigenvalue weighted by atomic mass is 9.96. The van der Waals surface area contributed by atoms with Crippen molar-refractivity contribution in [3.05, 3.63) is 106 Å². The molecule has 43 heavy (non-hydrogen) atoms. The number of aliphatic hydroxyl groups excluding tert-OH is 1. The number of anilines is 1. The van der Waals surface area contributed by atoms with Crippen LogP contribution in [0.1, 0.15) is 41.0 Å². The summed E-state index contributed by atoms with van der Waals surface area (Å²) < 4.78 is 22.1. The number of benzene rings is 2. The van der Waals surface area contributed by atoms with Gasteiger partial charge in [-0.15, -0.1) is 10.2 Å². The minimum Gasteiger partial charge on any atom is -0.505 e. The van der Waals surface area contributed by atoms with Gasteiger partial charge in [-0.1, -0.05) is 59.5 Å². The molecule has 0 spiro atoms. The first-order chi connectivity index (χ1) is 20.8. The predicted molar refractivity (Wildman–Crippen MR) is 163 cm³/mol. The Morgan fingerprint density at radius 3 is 2.56 bits per heavy atom. The van der Waals surface area contributed by atoms with Crippen LogP contribution in [-0.2, 0) is 15.3 Å². The summed E-state index contributed by atoms with van der Waals surface area (Å²) in [6.45, 7) is 6.05. The highest BCUT2D eigenvalue weighted by Crippen LogP contribution is 2.44. The molecule has 0 aliphatic carbocycles. The van der Waals surface area contributed by atoms with Crippen molar-refractivity contribution in [2.45, 2.75) is 36.9 Å². The van der Waals surface area contributed by atoms with Crippen LogP contribution in [0.4, 0.5) is 9.52 Å². The molecule has 1 unspecified atom stereocenters. The fourth-order valence-electron chi connectivity index (χ4n) is 5.05. The van der Waals surface area contributed by atoms with Crippen LogP contribution in [0.2, 0.25) is 0 Å². The molecule has 6 rings (SSSR count). The number of rotatable bonds is 8. The Labute approximate surface area is 254 Å². The zero-order chi connectivity index (χ0) is 30.2. The molecule has 1 amide bonds. The van der Waals surface area contributed by atoms with Crippen molar-refractivity contribution in [3.63, 3.8) is 0 Å². The van der Waals surface area contributed by atoms with E-state index in [9.17, 15) is 19.1 Å². The van der Waals surface area contributed by atoms with Crippen molar-refractivity contribution < 1.29 is 23.8 Å². The lowest BCUT2D eigenvalue weighted by molar-refractivity contribution is -0.132. The van der Waals surface area contributed by atoms with Gasteiger partial charge in [0, 0.05) is 11.9 Å². The average Bonchev–Trinajstić information content (AvgIpc) is 3.68. The van der Waals surface area contributed by atoms with Gasteiger partial charge < -0.3 is 14.2 Å². The Morgan fingerprint density at radius 1 is 1.07 bits per heavy atom. The highest BCUT2D eigenvalue weighted by molar-refractivity contribution is 8.00. The smallest absolute Gasteiger partial charge is 0.301 e. The SMILES string of the molecule is CCOc1ccc(C2/C(=C(\O)c3nc4c(C)cccn4c3C)C(=O)C(=O)N2c2nnc(SCc3ccccc3F)s2)cc1. The monoisotopic (exact) mass is 615 g/mol. The Morgan fingerprint density at radius 2 is 1.84 bits per heavy atom. The molecule has 0 radical (unpaired) electrons. The highest BCUT2D eigenvalue weighted by atomic mass is 32.2. The normalized spacial score (nSPS) is 16.4. The molecule has 218 valence electrons. The number of hydrogen-bond donors (Lipinski definition) is 1. The van der Waals surface area contributed by atoms with Gasteiger partial charge in [0.25, 0.3) is 5.78 Å². The number of pyridine rings is 1. The number of aliphatic hydroxyl groups is 1. The Kier molecular flexibility index (Phi) is 7.72. The second-order valence-corrected chi connectivity index (χ2v) is 12.0. The van der Waals surface area contributed by atoms with E-state index in [1.54, 1.807) is 49.4 Å². The Balaban J connectivity index is 1.44. The third-order valence-corrected chi connectivity index (χ3v) is 9.28. The fourth-order valence-corrected chi connectivity index (χ4v) is 6.90. The number of aromatic nitrogens is 4.